The average Bonchev–Trinajstić information content (AvgIpc) is 2.86. The Morgan fingerprint density at radius 2 is 1.68 bits per heavy atom. The standard InChI is InChI=1S/C27H35FN2O7/c1-8-18(9-2)23(20-11-10-19(28)14-22(20)35-7)16(4)36-27(33)15(3)30-26(32)24-25(37-17(5)31)21(34-6)12-13-29-24/h10-16,18,23H,8-9H2,1-7H3,(H,30,32)/t15-,16-,23-/m0/s1. The van der Waals surface area contributed by atoms with Crippen LogP contribution in [0.25, 0.3) is 0 Å². The van der Waals surface area contributed by atoms with E-state index in [1.54, 1.807) is 13.0 Å². The zero-order valence-corrected chi connectivity index (χ0v) is 22.3. The molecule has 0 unspecified atom stereocenters. The summed E-state index contributed by atoms with van der Waals surface area (Å²) in [5.41, 5.74) is 0.523. The van der Waals surface area contributed by atoms with Crippen LogP contribution in [-0.4, -0.2) is 49.2 Å². The van der Waals surface area contributed by atoms with Gasteiger partial charge in [0.1, 0.15) is 23.7 Å². The number of amides is 1. The number of ether oxygens (including phenoxy) is 4. The third-order valence-electron chi connectivity index (χ3n) is 6.17. The first-order valence-corrected chi connectivity index (χ1v) is 12.1. The summed E-state index contributed by atoms with van der Waals surface area (Å²) < 4.78 is 35.3. The number of aromatic nitrogens is 1. The molecule has 0 saturated carbocycles. The molecule has 37 heavy (non-hydrogen) atoms. The SMILES string of the molecule is CCC(CC)[C@@H](c1ccc(F)cc1OC)[C@H](C)OC(=O)[C@H](C)NC(=O)c1nccc(OC)c1OC(C)=O. The Kier molecular flexibility index (Phi) is 10.8. The number of hydrogen-bond donors (Lipinski definition) is 1. The van der Waals surface area contributed by atoms with Crippen molar-refractivity contribution in [2.24, 2.45) is 5.92 Å². The summed E-state index contributed by atoms with van der Waals surface area (Å²) in [7, 11) is 2.82. The summed E-state index contributed by atoms with van der Waals surface area (Å²) in [6, 6.07) is 4.70. The lowest BCUT2D eigenvalue weighted by atomic mass is 9.79. The second-order valence-electron chi connectivity index (χ2n) is 8.61. The van der Waals surface area contributed by atoms with Gasteiger partial charge in [-0.25, -0.2) is 14.2 Å². The van der Waals surface area contributed by atoms with Crippen LogP contribution in [0.5, 0.6) is 17.2 Å². The molecular weight excluding hydrogens is 483 g/mol. The molecule has 0 radical (unpaired) electrons. The van der Waals surface area contributed by atoms with Crippen molar-refractivity contribution in [2.45, 2.75) is 65.5 Å². The minimum Gasteiger partial charge on any atom is -0.496 e. The highest BCUT2D eigenvalue weighted by atomic mass is 19.1. The molecule has 3 atom stereocenters. The van der Waals surface area contributed by atoms with Crippen LogP contribution < -0.4 is 19.5 Å². The molecule has 1 heterocycles. The van der Waals surface area contributed by atoms with E-state index in [2.05, 4.69) is 10.3 Å². The van der Waals surface area contributed by atoms with Crippen LogP contribution in [0.3, 0.4) is 0 Å². The van der Waals surface area contributed by atoms with Gasteiger partial charge in [0.05, 0.1) is 14.2 Å². The molecule has 0 spiro atoms. The van der Waals surface area contributed by atoms with Gasteiger partial charge < -0.3 is 24.3 Å². The van der Waals surface area contributed by atoms with E-state index in [1.807, 2.05) is 13.8 Å². The van der Waals surface area contributed by atoms with E-state index in [9.17, 15) is 18.8 Å². The Bertz CT molecular complexity index is 1100. The molecule has 2 rings (SSSR count). The number of esters is 2. The van der Waals surface area contributed by atoms with Gasteiger partial charge in [0, 0.05) is 36.7 Å². The van der Waals surface area contributed by atoms with Crippen molar-refractivity contribution in [2.75, 3.05) is 14.2 Å². The van der Waals surface area contributed by atoms with Gasteiger partial charge >= 0.3 is 11.9 Å². The summed E-state index contributed by atoms with van der Waals surface area (Å²) in [6.45, 7) is 8.50. The van der Waals surface area contributed by atoms with E-state index in [-0.39, 0.29) is 29.0 Å². The zero-order valence-electron chi connectivity index (χ0n) is 22.3. The van der Waals surface area contributed by atoms with Crippen LogP contribution in [0, 0.1) is 11.7 Å². The van der Waals surface area contributed by atoms with Crippen LogP contribution in [0.15, 0.2) is 30.5 Å². The van der Waals surface area contributed by atoms with Gasteiger partial charge in [-0.15, -0.1) is 0 Å². The van der Waals surface area contributed by atoms with Gasteiger partial charge in [-0.05, 0) is 25.8 Å². The summed E-state index contributed by atoms with van der Waals surface area (Å²) in [5, 5.41) is 2.54. The molecule has 2 aromatic rings. The number of benzene rings is 1. The van der Waals surface area contributed by atoms with Crippen LogP contribution in [-0.2, 0) is 14.3 Å². The molecule has 1 N–H and O–H groups in total. The van der Waals surface area contributed by atoms with Gasteiger partial charge in [0.15, 0.2) is 11.4 Å². The second kappa shape index (κ2) is 13.6. The summed E-state index contributed by atoms with van der Waals surface area (Å²) >= 11 is 0. The normalized spacial score (nSPS) is 13.3. The fraction of sp³-hybridized carbons (Fsp3) is 0.481. The third kappa shape index (κ3) is 7.41. The van der Waals surface area contributed by atoms with Gasteiger partial charge in [-0.3, -0.25) is 9.59 Å². The Morgan fingerprint density at radius 3 is 2.24 bits per heavy atom. The molecule has 0 aliphatic rings. The number of nitrogens with one attached hydrogen (secondary N) is 1. The molecule has 0 aliphatic carbocycles. The number of carbonyl (C=O) groups excluding carboxylic acids is 3. The molecule has 1 amide bonds. The number of carbonyl (C=O) groups is 3. The lowest BCUT2D eigenvalue weighted by Gasteiger charge is -2.32. The first-order valence-electron chi connectivity index (χ1n) is 12.1. The Hall–Kier alpha value is -3.69. The lowest BCUT2D eigenvalue weighted by molar-refractivity contribution is -0.152. The number of hydrogen-bond acceptors (Lipinski definition) is 8. The van der Waals surface area contributed by atoms with Crippen molar-refractivity contribution in [3.05, 3.63) is 47.5 Å². The second-order valence-corrected chi connectivity index (χ2v) is 8.61. The summed E-state index contributed by atoms with van der Waals surface area (Å²) in [5.74, 6) is -2.29. The first-order chi connectivity index (χ1) is 17.6. The molecule has 202 valence electrons. The zero-order chi connectivity index (χ0) is 27.7. The highest BCUT2D eigenvalue weighted by Gasteiger charge is 2.33. The van der Waals surface area contributed by atoms with Crippen molar-refractivity contribution < 1.29 is 37.7 Å². The highest BCUT2D eigenvalue weighted by molar-refractivity contribution is 5.98. The third-order valence-corrected chi connectivity index (χ3v) is 6.17. The highest BCUT2D eigenvalue weighted by Crippen LogP contribution is 2.39. The van der Waals surface area contributed by atoms with Gasteiger partial charge in [-0.2, -0.15) is 0 Å². The van der Waals surface area contributed by atoms with Crippen molar-refractivity contribution in [3.63, 3.8) is 0 Å². The van der Waals surface area contributed by atoms with Crippen molar-refractivity contribution in [3.8, 4) is 17.2 Å². The molecule has 0 fully saturated rings. The summed E-state index contributed by atoms with van der Waals surface area (Å²) in [4.78, 5) is 41.4. The van der Waals surface area contributed by atoms with E-state index < -0.39 is 35.8 Å². The van der Waals surface area contributed by atoms with E-state index in [0.717, 1.165) is 18.4 Å². The van der Waals surface area contributed by atoms with Gasteiger partial charge in [0.2, 0.25) is 5.75 Å². The molecular formula is C27H35FN2O7. The molecule has 0 aliphatic heterocycles. The first kappa shape index (κ1) is 29.5. The predicted molar refractivity (Wildman–Crippen MR) is 134 cm³/mol. The Balaban J connectivity index is 2.25. The fourth-order valence-electron chi connectivity index (χ4n) is 4.32. The fourth-order valence-corrected chi connectivity index (χ4v) is 4.32. The van der Waals surface area contributed by atoms with Gasteiger partial charge in [0.25, 0.3) is 5.91 Å². The van der Waals surface area contributed by atoms with E-state index >= 15 is 0 Å². The molecule has 9 nitrogen and oxygen atoms in total. The van der Waals surface area contributed by atoms with Crippen molar-refractivity contribution in [1.29, 1.82) is 0 Å². The molecule has 1 aromatic heterocycles. The topological polar surface area (TPSA) is 113 Å². The molecule has 0 saturated heterocycles. The van der Waals surface area contributed by atoms with Crippen LogP contribution >= 0.6 is 0 Å². The number of halogens is 1. The van der Waals surface area contributed by atoms with Crippen molar-refractivity contribution in [1.82, 2.24) is 10.3 Å². The Morgan fingerprint density at radius 1 is 1.03 bits per heavy atom. The van der Waals surface area contributed by atoms with Gasteiger partial charge in [-0.1, -0.05) is 32.8 Å². The quantitative estimate of drug-likeness (QED) is 0.411. The summed E-state index contributed by atoms with van der Waals surface area (Å²) in [6.07, 6.45) is 2.32. The van der Waals surface area contributed by atoms with E-state index in [0.29, 0.717) is 5.75 Å². The maximum absolute atomic E-state index is 13.8. The number of methoxy groups -OCH3 is 2. The maximum Gasteiger partial charge on any atom is 0.328 e. The number of pyridine rings is 1. The lowest BCUT2D eigenvalue weighted by Crippen LogP contribution is -2.42. The smallest absolute Gasteiger partial charge is 0.328 e. The van der Waals surface area contributed by atoms with E-state index in [4.69, 9.17) is 18.9 Å². The average molecular weight is 519 g/mol. The predicted octanol–water partition coefficient (Wildman–Crippen LogP) is 4.43. The van der Waals surface area contributed by atoms with Crippen LogP contribution in [0.4, 0.5) is 4.39 Å². The van der Waals surface area contributed by atoms with Crippen LogP contribution in [0.2, 0.25) is 0 Å². The molecule has 10 heteroatoms. The molecule has 0 bridgehead atoms. The maximum atomic E-state index is 13.8. The Labute approximate surface area is 216 Å². The molecule has 1 aromatic carbocycles. The number of nitrogens with zero attached hydrogens (tertiary/aromatic N) is 1. The van der Waals surface area contributed by atoms with Crippen molar-refractivity contribution >= 4 is 17.8 Å². The minimum absolute atomic E-state index is 0.124. The number of rotatable bonds is 12. The largest absolute Gasteiger partial charge is 0.496 e. The van der Waals surface area contributed by atoms with Crippen LogP contribution in [0.1, 0.15) is 69.4 Å². The monoisotopic (exact) mass is 518 g/mol. The van der Waals surface area contributed by atoms with E-state index in [1.165, 1.54) is 52.5 Å². The minimum atomic E-state index is -1.05.